The van der Waals surface area contributed by atoms with Crippen LogP contribution in [0.25, 0.3) is 0 Å². The summed E-state index contributed by atoms with van der Waals surface area (Å²) in [7, 11) is 0. The van der Waals surface area contributed by atoms with E-state index in [1.54, 1.807) is 55.0 Å². The predicted octanol–water partition coefficient (Wildman–Crippen LogP) is 5.35. The molecule has 0 saturated heterocycles. The standard InChI is InChI=1S/C24H21F3N4O2S/c1-34-21-12-17-8-11-31(20(17)13-19(21)24(25,26)27)23(33)30-18-4-2-16(3-5-18)22(32)29-14-15-6-9-28-10-7-15/h2-7,9-10,12-13H,8,11,14H2,1H3,(H,29,32)(H,30,33). The lowest BCUT2D eigenvalue weighted by Gasteiger charge is -2.20. The zero-order chi connectivity index (χ0) is 24.3. The quantitative estimate of drug-likeness (QED) is 0.477. The van der Waals surface area contributed by atoms with Crippen LogP contribution in [0.4, 0.5) is 29.3 Å². The highest BCUT2D eigenvalue weighted by atomic mass is 32.2. The molecule has 0 bridgehead atoms. The molecule has 1 aliphatic rings. The van der Waals surface area contributed by atoms with Crippen LogP contribution in [0.5, 0.6) is 0 Å². The third-order valence-corrected chi connectivity index (χ3v) is 6.23. The maximum atomic E-state index is 13.5. The first kappa shape index (κ1) is 23.6. The Kier molecular flexibility index (Phi) is 6.78. The van der Waals surface area contributed by atoms with E-state index in [4.69, 9.17) is 0 Å². The lowest BCUT2D eigenvalue weighted by atomic mass is 10.1. The summed E-state index contributed by atoms with van der Waals surface area (Å²) in [6.07, 6.45) is 0.850. The van der Waals surface area contributed by atoms with Gasteiger partial charge in [0.2, 0.25) is 0 Å². The van der Waals surface area contributed by atoms with Crippen molar-refractivity contribution in [2.24, 2.45) is 0 Å². The van der Waals surface area contributed by atoms with Crippen LogP contribution in [0.2, 0.25) is 0 Å². The number of fused-ring (bicyclic) bond motifs is 1. The maximum Gasteiger partial charge on any atom is 0.417 e. The molecule has 34 heavy (non-hydrogen) atoms. The number of carbonyl (C=O) groups is 2. The van der Waals surface area contributed by atoms with Crippen molar-refractivity contribution in [1.82, 2.24) is 10.3 Å². The molecule has 6 nitrogen and oxygen atoms in total. The first-order valence-corrected chi connectivity index (χ1v) is 11.6. The Hall–Kier alpha value is -3.53. The van der Waals surface area contributed by atoms with Crippen LogP contribution in [0.3, 0.4) is 0 Å². The molecule has 1 aliphatic heterocycles. The Morgan fingerprint density at radius 3 is 2.44 bits per heavy atom. The van der Waals surface area contributed by atoms with E-state index >= 15 is 0 Å². The van der Waals surface area contributed by atoms with Gasteiger partial charge in [0.05, 0.1) is 5.56 Å². The molecule has 0 unspecified atom stereocenters. The normalized spacial score (nSPS) is 12.9. The number of carbonyl (C=O) groups excluding carboxylic acids is 2. The van der Waals surface area contributed by atoms with E-state index in [0.717, 1.165) is 23.4 Å². The van der Waals surface area contributed by atoms with Crippen LogP contribution >= 0.6 is 11.8 Å². The van der Waals surface area contributed by atoms with Gasteiger partial charge in [0.1, 0.15) is 0 Å². The molecular weight excluding hydrogens is 465 g/mol. The van der Waals surface area contributed by atoms with Crippen molar-refractivity contribution in [2.75, 3.05) is 23.0 Å². The molecule has 0 spiro atoms. The number of pyridine rings is 1. The van der Waals surface area contributed by atoms with Gasteiger partial charge in [-0.1, -0.05) is 0 Å². The highest BCUT2D eigenvalue weighted by Gasteiger charge is 2.36. The number of urea groups is 1. The van der Waals surface area contributed by atoms with E-state index in [9.17, 15) is 22.8 Å². The van der Waals surface area contributed by atoms with Gasteiger partial charge in [0.15, 0.2) is 0 Å². The minimum atomic E-state index is -4.51. The molecule has 0 fully saturated rings. The summed E-state index contributed by atoms with van der Waals surface area (Å²) >= 11 is 1.03. The summed E-state index contributed by atoms with van der Waals surface area (Å²) in [6.45, 7) is 0.637. The number of thioether (sulfide) groups is 1. The van der Waals surface area contributed by atoms with Gasteiger partial charge in [0.25, 0.3) is 5.91 Å². The molecule has 176 valence electrons. The third kappa shape index (κ3) is 5.17. The van der Waals surface area contributed by atoms with Crippen LogP contribution in [0.15, 0.2) is 65.8 Å². The first-order chi connectivity index (χ1) is 16.3. The van der Waals surface area contributed by atoms with Gasteiger partial charge in [0, 0.05) is 47.3 Å². The van der Waals surface area contributed by atoms with Crippen LogP contribution in [-0.4, -0.2) is 29.7 Å². The number of benzene rings is 2. The molecule has 1 aromatic heterocycles. The van der Waals surface area contributed by atoms with Crippen LogP contribution < -0.4 is 15.5 Å². The van der Waals surface area contributed by atoms with Gasteiger partial charge >= 0.3 is 12.2 Å². The van der Waals surface area contributed by atoms with Crippen molar-refractivity contribution in [2.45, 2.75) is 24.0 Å². The molecule has 3 amide bonds. The van der Waals surface area contributed by atoms with Gasteiger partial charge in [-0.15, -0.1) is 11.8 Å². The van der Waals surface area contributed by atoms with Gasteiger partial charge in [-0.3, -0.25) is 14.7 Å². The number of nitrogens with one attached hydrogen (secondary N) is 2. The predicted molar refractivity (Wildman–Crippen MR) is 125 cm³/mol. The Labute approximate surface area is 198 Å². The van der Waals surface area contributed by atoms with Crippen molar-refractivity contribution >= 4 is 35.1 Å². The molecule has 0 aliphatic carbocycles. The lowest BCUT2D eigenvalue weighted by molar-refractivity contribution is -0.139. The minimum Gasteiger partial charge on any atom is -0.348 e. The number of hydrogen-bond acceptors (Lipinski definition) is 4. The second-order valence-corrected chi connectivity index (χ2v) is 8.47. The zero-order valence-electron chi connectivity index (χ0n) is 18.1. The number of hydrogen-bond donors (Lipinski definition) is 2. The largest absolute Gasteiger partial charge is 0.417 e. The van der Waals surface area contributed by atoms with Crippen molar-refractivity contribution in [1.29, 1.82) is 0 Å². The summed E-state index contributed by atoms with van der Waals surface area (Å²) in [6, 6.07) is 11.9. The minimum absolute atomic E-state index is 0.145. The SMILES string of the molecule is CSc1cc2c(cc1C(F)(F)F)N(C(=O)Nc1ccc(C(=O)NCc3ccncc3)cc1)CC2. The fourth-order valence-electron chi connectivity index (χ4n) is 3.70. The number of amides is 3. The van der Waals surface area contributed by atoms with Crippen molar-refractivity contribution in [3.63, 3.8) is 0 Å². The molecule has 0 radical (unpaired) electrons. The summed E-state index contributed by atoms with van der Waals surface area (Å²) < 4.78 is 40.4. The summed E-state index contributed by atoms with van der Waals surface area (Å²) in [5, 5.41) is 5.50. The number of rotatable bonds is 5. The monoisotopic (exact) mass is 486 g/mol. The molecule has 4 rings (SSSR count). The average molecular weight is 487 g/mol. The smallest absolute Gasteiger partial charge is 0.348 e. The Morgan fingerprint density at radius 1 is 1.09 bits per heavy atom. The van der Waals surface area contributed by atoms with Gasteiger partial charge < -0.3 is 10.6 Å². The number of anilines is 2. The first-order valence-electron chi connectivity index (χ1n) is 10.4. The van der Waals surface area contributed by atoms with Crippen molar-refractivity contribution in [3.05, 3.63) is 83.2 Å². The summed E-state index contributed by atoms with van der Waals surface area (Å²) in [4.78, 5) is 30.5. The molecule has 2 aromatic carbocycles. The Morgan fingerprint density at radius 2 is 1.79 bits per heavy atom. The van der Waals surface area contributed by atoms with Crippen molar-refractivity contribution in [3.8, 4) is 0 Å². The van der Waals surface area contributed by atoms with Crippen LogP contribution in [-0.2, 0) is 19.1 Å². The number of nitrogens with zero attached hydrogens (tertiary/aromatic N) is 2. The third-order valence-electron chi connectivity index (χ3n) is 5.45. The maximum absolute atomic E-state index is 13.5. The van der Waals surface area contributed by atoms with E-state index in [-0.39, 0.29) is 23.0 Å². The van der Waals surface area contributed by atoms with Crippen molar-refractivity contribution < 1.29 is 22.8 Å². The Balaban J connectivity index is 1.43. The number of aromatic nitrogens is 1. The van der Waals surface area contributed by atoms with Gasteiger partial charge in [-0.25, -0.2) is 4.79 Å². The molecule has 0 saturated carbocycles. The second-order valence-electron chi connectivity index (χ2n) is 7.63. The van der Waals surface area contributed by atoms with E-state index in [0.29, 0.717) is 29.8 Å². The summed E-state index contributed by atoms with van der Waals surface area (Å²) in [5.41, 5.74) is 1.97. The highest BCUT2D eigenvalue weighted by Crippen LogP contribution is 2.42. The molecular formula is C24H21F3N4O2S. The van der Waals surface area contributed by atoms with Crippen LogP contribution in [0.1, 0.15) is 27.0 Å². The Bertz CT molecular complexity index is 1200. The van der Waals surface area contributed by atoms with Gasteiger partial charge in [-0.2, -0.15) is 13.2 Å². The molecule has 2 N–H and O–H groups in total. The van der Waals surface area contributed by atoms with E-state index in [2.05, 4.69) is 15.6 Å². The summed E-state index contributed by atoms with van der Waals surface area (Å²) in [5.74, 6) is -0.271. The fraction of sp³-hybridized carbons (Fsp3) is 0.208. The lowest BCUT2D eigenvalue weighted by Crippen LogP contribution is -2.33. The molecule has 3 aromatic rings. The van der Waals surface area contributed by atoms with E-state index < -0.39 is 17.8 Å². The number of halogens is 3. The van der Waals surface area contributed by atoms with E-state index in [1.165, 1.54) is 11.0 Å². The average Bonchev–Trinajstić information content (AvgIpc) is 3.25. The highest BCUT2D eigenvalue weighted by molar-refractivity contribution is 7.98. The second kappa shape index (κ2) is 9.76. The fourth-order valence-corrected chi connectivity index (χ4v) is 4.35. The molecule has 0 atom stereocenters. The van der Waals surface area contributed by atoms with E-state index in [1.807, 2.05) is 0 Å². The molecule has 2 heterocycles. The molecule has 10 heteroatoms. The number of alkyl halides is 3. The van der Waals surface area contributed by atoms with Crippen LogP contribution in [0, 0.1) is 0 Å². The van der Waals surface area contributed by atoms with Gasteiger partial charge in [-0.05, 0) is 72.3 Å². The zero-order valence-corrected chi connectivity index (χ0v) is 19.0. The topological polar surface area (TPSA) is 74.3 Å².